The van der Waals surface area contributed by atoms with E-state index >= 15 is 0 Å². The monoisotopic (exact) mass is 1710 g/mol. The van der Waals surface area contributed by atoms with Crippen LogP contribution >= 0.6 is 11.3 Å². The van der Waals surface area contributed by atoms with E-state index in [-0.39, 0.29) is 10.8 Å². The molecule has 0 aliphatic heterocycles. The summed E-state index contributed by atoms with van der Waals surface area (Å²) in [4.78, 5) is 46.1. The summed E-state index contributed by atoms with van der Waals surface area (Å²) in [6.07, 6.45) is 5.76. The second-order valence-corrected chi connectivity index (χ2v) is 36.4. The number of rotatable bonds is 8. The Morgan fingerprint density at radius 1 is 0.273 bits per heavy atom. The highest BCUT2D eigenvalue weighted by Crippen LogP contribution is 2.59. The van der Waals surface area contributed by atoms with Gasteiger partial charge in [-0.1, -0.05) is 331 Å². The van der Waals surface area contributed by atoms with Gasteiger partial charge in [-0.05, 0) is 112 Å². The molecule has 0 radical (unpaired) electrons. The van der Waals surface area contributed by atoms with Crippen LogP contribution in [0.15, 0.2) is 401 Å². The van der Waals surface area contributed by atoms with Crippen molar-refractivity contribution in [1.82, 2.24) is 58.6 Å². The van der Waals surface area contributed by atoms with Crippen molar-refractivity contribution < 1.29 is 0 Å². The van der Waals surface area contributed by atoms with E-state index in [1.165, 1.54) is 108 Å². The van der Waals surface area contributed by atoms with Crippen LogP contribution in [-0.4, -0.2) is 58.6 Å². The maximum absolute atomic E-state index is 5.35. The van der Waals surface area contributed by atoms with Crippen LogP contribution in [0.2, 0.25) is 0 Å². The van der Waals surface area contributed by atoms with Crippen molar-refractivity contribution >= 4 is 151 Å². The van der Waals surface area contributed by atoms with Gasteiger partial charge in [-0.2, -0.15) is 0 Å². The lowest BCUT2D eigenvalue weighted by Crippen LogP contribution is -2.16. The minimum Gasteiger partial charge on any atom is -0.309 e. The summed E-state index contributed by atoms with van der Waals surface area (Å²) in [6, 6.07) is 134. The van der Waals surface area contributed by atoms with Crippen molar-refractivity contribution in [2.45, 2.75) is 38.5 Å². The topological polar surface area (TPSA) is 131 Å². The van der Waals surface area contributed by atoms with Gasteiger partial charge in [0.1, 0.15) is 5.82 Å². The van der Waals surface area contributed by atoms with E-state index in [2.05, 4.69) is 363 Å². The molecule has 0 saturated carbocycles. The van der Waals surface area contributed by atoms with Crippen molar-refractivity contribution in [2.75, 3.05) is 0 Å². The van der Waals surface area contributed by atoms with Crippen LogP contribution in [0.3, 0.4) is 0 Å². The molecule has 0 N–H and O–H groups in total. The minimum absolute atomic E-state index is 0.210. The summed E-state index contributed by atoms with van der Waals surface area (Å²) in [7, 11) is 0. The van der Waals surface area contributed by atoms with E-state index in [9.17, 15) is 0 Å². The van der Waals surface area contributed by atoms with Crippen molar-refractivity contribution in [3.63, 3.8) is 0 Å². The highest BCUT2D eigenvalue weighted by atomic mass is 32.1. The molecule has 13 heteroatoms. The number of fused-ring (bicyclic) bond motifs is 32. The van der Waals surface area contributed by atoms with E-state index < -0.39 is 0 Å². The van der Waals surface area contributed by atoms with Crippen LogP contribution in [0.1, 0.15) is 49.9 Å². The van der Waals surface area contributed by atoms with E-state index in [0.29, 0.717) is 17.6 Å². The van der Waals surface area contributed by atoms with Crippen molar-refractivity contribution in [1.29, 1.82) is 0 Å². The maximum Gasteiger partial charge on any atom is 0.235 e. The second kappa shape index (κ2) is 29.9. The van der Waals surface area contributed by atoms with Crippen LogP contribution in [0.25, 0.3) is 236 Å². The molecule has 16 aromatic carbocycles. The zero-order chi connectivity index (χ0) is 87.6. The first kappa shape index (κ1) is 76.4. The van der Waals surface area contributed by atoms with Crippen molar-refractivity contribution in [3.05, 3.63) is 423 Å². The molecule has 0 spiro atoms. The molecule has 12 nitrogen and oxygen atoms in total. The van der Waals surface area contributed by atoms with Gasteiger partial charge in [0.05, 0.1) is 82.5 Å². The van der Waals surface area contributed by atoms with Gasteiger partial charge < -0.3 is 4.57 Å². The second-order valence-electron chi connectivity index (χ2n) is 35.3. The largest absolute Gasteiger partial charge is 0.309 e. The average molecular weight is 1710 g/mol. The number of benzene rings is 16. The summed E-state index contributed by atoms with van der Waals surface area (Å²) in [5, 5.41) is 15.2. The molecule has 2 aliphatic rings. The van der Waals surface area contributed by atoms with E-state index in [0.717, 1.165) is 133 Å². The number of nitrogens with zero attached hydrogens (tertiary/aromatic N) is 12. The molecule has 0 unspecified atom stereocenters. The molecule has 10 heterocycles. The predicted octanol–water partition coefficient (Wildman–Crippen LogP) is 30.0. The molecule has 620 valence electrons. The van der Waals surface area contributed by atoms with Crippen LogP contribution in [-0.2, 0) is 10.8 Å². The van der Waals surface area contributed by atoms with Gasteiger partial charge in [-0.15, -0.1) is 11.3 Å². The Labute approximate surface area is 762 Å². The van der Waals surface area contributed by atoms with Gasteiger partial charge in [-0.3, -0.25) is 24.1 Å². The third-order valence-electron chi connectivity index (χ3n) is 27.2. The Kier molecular flexibility index (Phi) is 17.3. The van der Waals surface area contributed by atoms with E-state index in [4.69, 9.17) is 44.9 Å². The molecule has 2 aliphatic carbocycles. The Morgan fingerprint density at radius 2 is 0.689 bits per heavy atom. The summed E-state index contributed by atoms with van der Waals surface area (Å²) >= 11 is 1.81. The summed E-state index contributed by atoms with van der Waals surface area (Å²) in [5.74, 6) is 2.98. The Morgan fingerprint density at radius 3 is 1.27 bits per heavy atom. The van der Waals surface area contributed by atoms with Crippen molar-refractivity contribution in [3.8, 4) is 96.3 Å². The first-order valence-electron chi connectivity index (χ1n) is 44.8. The number of hydrogen-bond donors (Lipinski definition) is 0. The van der Waals surface area contributed by atoms with Gasteiger partial charge in [0, 0.05) is 149 Å². The first-order chi connectivity index (χ1) is 65.1. The quantitative estimate of drug-likeness (QED) is 0.146. The lowest BCUT2D eigenvalue weighted by atomic mass is 9.81. The fourth-order valence-electron chi connectivity index (χ4n) is 21.6. The zero-order valence-electron chi connectivity index (χ0n) is 72.4. The number of aromatic nitrogens is 12. The van der Waals surface area contributed by atoms with Gasteiger partial charge >= 0.3 is 0 Å². The SMILES string of the molecule is CC1(C)c2ccccc2-c2c1c1ncccc1c1c3ccccc3n(-c3cccc(-c4cc(-c5ccccc5)nc(-c5ccccc5)n4)c3)c21.CC1(C)c2ccccc2-c2c1c1ncccc1c1c3ccccc3n(-c3nc(-c4ccccc4)c4ccccc4n3)c21.c1ccc(-c2nc(-n3c4ccccc4c4c5cccnc5c5sc6ccccc6c5c43)c3ccccc3n2)cc1. The minimum atomic E-state index is -0.215. The van der Waals surface area contributed by atoms with Gasteiger partial charge in [0.15, 0.2) is 11.6 Å². The fourth-order valence-corrected chi connectivity index (χ4v) is 22.8. The molecule has 28 rings (SSSR count). The fraction of sp³-hybridized carbons (Fsp3) is 0.0504. The third kappa shape index (κ3) is 11.6. The molecule has 0 amide bonds. The van der Waals surface area contributed by atoms with Crippen LogP contribution in [0.5, 0.6) is 0 Å². The molecule has 0 atom stereocenters. The highest BCUT2D eigenvalue weighted by molar-refractivity contribution is 7.27. The number of para-hydroxylation sites is 5. The van der Waals surface area contributed by atoms with E-state index in [1.807, 2.05) is 90.6 Å². The molecule has 0 saturated heterocycles. The summed E-state index contributed by atoms with van der Waals surface area (Å²) in [5.41, 5.74) is 30.7. The third-order valence-corrected chi connectivity index (χ3v) is 28.4. The van der Waals surface area contributed by atoms with Crippen molar-refractivity contribution in [2.24, 2.45) is 0 Å². The molecular formula is C119H78N12S. The Bertz CT molecular complexity index is 9240. The van der Waals surface area contributed by atoms with Gasteiger partial charge in [0.2, 0.25) is 5.95 Å². The first-order valence-corrected chi connectivity index (χ1v) is 45.6. The standard InChI is InChI=1S/C46H32N4.C38H26N4.C35H20N4S/c1-46(2)36-24-11-9-21-33(36)41-42(46)43-35(23-14-26-47-43)40-34-22-10-12-25-39(34)50(44(40)41)32-20-13-19-31(27-32)38-28-37(29-15-5-3-6-16-29)48-45(49-38)30-17-7-4-8-18-30;1-38(2)28-19-9-6-15-24(28)32-33(38)35-27(18-12-22-39-35)31-26-17-8-11-21-30(26)42(36(31)32)37-40-29-20-10-7-16-25(29)34(41-37)23-13-4-3-5-14-23;1-2-11-21(12-3-1)34-37-26-17-7-4-13-22(26)35(38-34)39-27-18-8-5-14-23(27)29-25-16-10-20-36-31(25)33-30(32(29)39)24-15-6-9-19-28(24)40-33/h3-28H,1-2H3;3-22H,1-2H3;1-20H. The normalized spacial score (nSPS) is 13.0. The molecule has 10 aromatic heterocycles. The maximum atomic E-state index is 5.35. The van der Waals surface area contributed by atoms with Gasteiger partial charge in [-0.25, -0.2) is 29.9 Å². The molecule has 0 fully saturated rings. The molecular weight excluding hydrogens is 1630 g/mol. The average Bonchev–Trinajstić information content (AvgIpc) is 1.53. The lowest BCUT2D eigenvalue weighted by molar-refractivity contribution is 0.665. The van der Waals surface area contributed by atoms with Crippen LogP contribution < -0.4 is 0 Å². The van der Waals surface area contributed by atoms with E-state index in [1.54, 1.807) is 0 Å². The van der Waals surface area contributed by atoms with Crippen LogP contribution in [0, 0.1) is 0 Å². The number of pyridine rings is 3. The number of hydrogen-bond acceptors (Lipinski definition) is 10. The lowest BCUT2D eigenvalue weighted by Gasteiger charge is -2.23. The predicted molar refractivity (Wildman–Crippen MR) is 545 cm³/mol. The van der Waals surface area contributed by atoms with Crippen LogP contribution in [0.4, 0.5) is 0 Å². The molecule has 132 heavy (non-hydrogen) atoms. The van der Waals surface area contributed by atoms with Gasteiger partial charge in [0.25, 0.3) is 0 Å². The molecule has 26 aromatic rings. The Hall–Kier alpha value is -16.9. The Balaban J connectivity index is 0.000000104. The summed E-state index contributed by atoms with van der Waals surface area (Å²) in [6.45, 7) is 9.33. The smallest absolute Gasteiger partial charge is 0.235 e. The summed E-state index contributed by atoms with van der Waals surface area (Å²) < 4.78 is 9.60. The highest BCUT2D eigenvalue weighted by Gasteiger charge is 2.43. The molecule has 0 bridgehead atoms. The number of thiophene rings is 1. The zero-order valence-corrected chi connectivity index (χ0v) is 73.2.